The Kier molecular flexibility index (Phi) is 3.69. The van der Waals surface area contributed by atoms with E-state index in [1.54, 1.807) is 26.0 Å². The number of hydrogen-bond acceptors (Lipinski definition) is 4. The monoisotopic (exact) mass is 386 g/mol. The molecule has 1 unspecified atom stereocenters. The minimum atomic E-state index is -2.77. The largest absolute Gasteiger partial charge is 0.508 e. The summed E-state index contributed by atoms with van der Waals surface area (Å²) in [4.78, 5) is 12.1. The molecule has 6 nitrogen and oxygen atoms in total. The van der Waals surface area contributed by atoms with Crippen LogP contribution in [0.1, 0.15) is 45.1 Å². The van der Waals surface area contributed by atoms with Gasteiger partial charge in [0.1, 0.15) is 5.75 Å². The number of anilines is 1. The van der Waals surface area contributed by atoms with Gasteiger partial charge in [-0.3, -0.25) is 4.79 Å². The Morgan fingerprint density at radius 1 is 1.32 bits per heavy atom. The molecule has 0 bridgehead atoms. The number of nitrogens with zero attached hydrogens (tertiary/aromatic N) is 2. The van der Waals surface area contributed by atoms with Gasteiger partial charge in [-0.05, 0) is 44.0 Å². The van der Waals surface area contributed by atoms with Crippen LogP contribution in [0.25, 0.3) is 16.8 Å². The predicted octanol–water partition coefficient (Wildman–Crippen LogP) is 3.44. The number of nitrogen functional groups attached to an aromatic ring is 1. The smallest absolute Gasteiger partial charge is 0.256 e. The van der Waals surface area contributed by atoms with Crippen molar-refractivity contribution in [3.8, 4) is 17.0 Å². The van der Waals surface area contributed by atoms with Crippen molar-refractivity contribution in [2.75, 3.05) is 5.73 Å². The number of carbonyl (C=O) groups is 1. The van der Waals surface area contributed by atoms with Crippen molar-refractivity contribution in [2.45, 2.75) is 39.0 Å². The molecular formula is C20H20F2N4O2. The first kappa shape index (κ1) is 18.2. The number of aryl methyl sites for hydroxylation is 2. The number of fused-ring (bicyclic) bond motifs is 1. The van der Waals surface area contributed by atoms with Crippen molar-refractivity contribution in [3.05, 3.63) is 46.1 Å². The number of carbonyl (C=O) groups excluding carboxylic acids is 1. The lowest BCUT2D eigenvalue weighted by atomic mass is 9.98. The fourth-order valence-electron chi connectivity index (χ4n) is 3.90. The average molecular weight is 386 g/mol. The van der Waals surface area contributed by atoms with Crippen LogP contribution in [-0.2, 0) is 0 Å². The van der Waals surface area contributed by atoms with E-state index in [4.69, 9.17) is 11.5 Å². The molecule has 28 heavy (non-hydrogen) atoms. The van der Waals surface area contributed by atoms with E-state index >= 15 is 0 Å². The van der Waals surface area contributed by atoms with Gasteiger partial charge in [-0.2, -0.15) is 5.10 Å². The van der Waals surface area contributed by atoms with Crippen molar-refractivity contribution >= 4 is 17.1 Å². The number of phenolic OH excluding ortho intramolecular Hbond substituents is 1. The lowest BCUT2D eigenvalue weighted by Gasteiger charge is -2.13. The Hall–Kier alpha value is -3.16. The molecule has 1 aromatic carbocycles. The van der Waals surface area contributed by atoms with E-state index in [1.165, 1.54) is 10.6 Å². The highest BCUT2D eigenvalue weighted by Crippen LogP contribution is 2.56. The minimum absolute atomic E-state index is 0.0369. The number of benzene rings is 1. The maximum Gasteiger partial charge on any atom is 0.256 e. The van der Waals surface area contributed by atoms with E-state index in [0.717, 1.165) is 5.56 Å². The van der Waals surface area contributed by atoms with Crippen LogP contribution in [-0.4, -0.2) is 26.6 Å². The summed E-state index contributed by atoms with van der Waals surface area (Å²) >= 11 is 0. The summed E-state index contributed by atoms with van der Waals surface area (Å²) in [6, 6.07) is 4.83. The van der Waals surface area contributed by atoms with Crippen molar-refractivity contribution in [2.24, 2.45) is 5.73 Å². The van der Waals surface area contributed by atoms with Gasteiger partial charge in [0, 0.05) is 17.5 Å². The second kappa shape index (κ2) is 5.67. The van der Waals surface area contributed by atoms with E-state index in [0.29, 0.717) is 28.1 Å². The SMILES string of the molecule is Cc1ccc(O)c(C)c1-c1c(N)c(C(N)=O)c2cc(C3CC3(F)F)c(C)nn12. The first-order valence-electron chi connectivity index (χ1n) is 8.83. The fraction of sp³-hybridized carbons (Fsp3) is 0.300. The molecule has 0 spiro atoms. The Labute approximate surface area is 159 Å². The van der Waals surface area contributed by atoms with Crippen LogP contribution >= 0.6 is 0 Å². The third-order valence-electron chi connectivity index (χ3n) is 5.51. The van der Waals surface area contributed by atoms with Gasteiger partial charge in [-0.1, -0.05) is 6.07 Å². The van der Waals surface area contributed by atoms with E-state index in [1.807, 2.05) is 6.92 Å². The van der Waals surface area contributed by atoms with Crippen LogP contribution in [0.4, 0.5) is 14.5 Å². The molecule has 3 aromatic rings. The van der Waals surface area contributed by atoms with E-state index in [-0.39, 0.29) is 28.9 Å². The van der Waals surface area contributed by atoms with Crippen LogP contribution in [0.3, 0.4) is 0 Å². The minimum Gasteiger partial charge on any atom is -0.508 e. The summed E-state index contributed by atoms with van der Waals surface area (Å²) < 4.78 is 28.7. The molecule has 8 heteroatoms. The van der Waals surface area contributed by atoms with E-state index < -0.39 is 17.7 Å². The molecule has 1 aliphatic carbocycles. The van der Waals surface area contributed by atoms with Gasteiger partial charge in [-0.15, -0.1) is 0 Å². The number of hydrogen-bond donors (Lipinski definition) is 3. The molecule has 4 rings (SSSR count). The maximum absolute atomic E-state index is 13.6. The van der Waals surface area contributed by atoms with Crippen LogP contribution in [0.5, 0.6) is 5.75 Å². The fourth-order valence-corrected chi connectivity index (χ4v) is 3.90. The zero-order valence-electron chi connectivity index (χ0n) is 15.7. The lowest BCUT2D eigenvalue weighted by molar-refractivity contribution is 0.100. The quantitative estimate of drug-likeness (QED) is 0.641. The highest BCUT2D eigenvalue weighted by atomic mass is 19.3. The molecule has 1 amide bonds. The number of halogens is 2. The Morgan fingerprint density at radius 3 is 2.54 bits per heavy atom. The van der Waals surface area contributed by atoms with Gasteiger partial charge in [0.15, 0.2) is 0 Å². The summed E-state index contributed by atoms with van der Waals surface area (Å²) in [5.74, 6) is -4.39. The molecular weight excluding hydrogens is 366 g/mol. The highest BCUT2D eigenvalue weighted by molar-refractivity contribution is 6.09. The standard InChI is InChI=1S/C20H20F2N4O2/c1-8-4-5-14(27)9(2)15(8)18-17(23)16(19(24)28)13-6-11(10(3)25-26(13)18)12-7-20(12,21)22/h4-6,12,27H,7,23H2,1-3H3,(H2,24,28). The van der Waals surface area contributed by atoms with E-state index in [2.05, 4.69) is 5.10 Å². The Balaban J connectivity index is 2.10. The number of rotatable bonds is 3. The number of primary amides is 1. The molecule has 5 N–H and O–H groups in total. The summed E-state index contributed by atoms with van der Waals surface area (Å²) in [7, 11) is 0. The molecule has 1 saturated carbocycles. The normalized spacial score (nSPS) is 17.8. The average Bonchev–Trinajstić information content (AvgIpc) is 3.14. The Morgan fingerprint density at radius 2 is 1.96 bits per heavy atom. The summed E-state index contributed by atoms with van der Waals surface area (Å²) in [5.41, 5.74) is 15.5. The molecule has 2 heterocycles. The molecule has 146 valence electrons. The molecule has 1 fully saturated rings. The van der Waals surface area contributed by atoms with Gasteiger partial charge < -0.3 is 16.6 Å². The Bertz CT molecular complexity index is 1170. The third-order valence-corrected chi connectivity index (χ3v) is 5.51. The topological polar surface area (TPSA) is 107 Å². The van der Waals surface area contributed by atoms with Crippen molar-refractivity contribution < 1.29 is 18.7 Å². The van der Waals surface area contributed by atoms with Gasteiger partial charge >= 0.3 is 0 Å². The van der Waals surface area contributed by atoms with Crippen LogP contribution in [0.15, 0.2) is 18.2 Å². The first-order chi connectivity index (χ1) is 13.0. The number of alkyl halides is 2. The second-order valence-electron chi connectivity index (χ2n) is 7.40. The zero-order chi connectivity index (χ0) is 20.5. The lowest BCUT2D eigenvalue weighted by Crippen LogP contribution is -2.13. The number of amides is 1. The van der Waals surface area contributed by atoms with Crippen molar-refractivity contribution in [3.63, 3.8) is 0 Å². The maximum atomic E-state index is 13.6. The number of phenols is 1. The molecule has 0 saturated heterocycles. The number of nitrogens with two attached hydrogens (primary N) is 2. The summed E-state index contributed by atoms with van der Waals surface area (Å²) in [5, 5.41) is 14.6. The van der Waals surface area contributed by atoms with E-state index in [9.17, 15) is 18.7 Å². The molecule has 1 atom stereocenters. The van der Waals surface area contributed by atoms with Crippen LogP contribution < -0.4 is 11.5 Å². The predicted molar refractivity (Wildman–Crippen MR) is 102 cm³/mol. The van der Waals surface area contributed by atoms with Gasteiger partial charge in [0.05, 0.1) is 34.1 Å². The number of aromatic hydroxyl groups is 1. The third kappa shape index (κ3) is 2.44. The second-order valence-corrected chi connectivity index (χ2v) is 7.40. The zero-order valence-corrected chi connectivity index (χ0v) is 15.7. The van der Waals surface area contributed by atoms with Crippen LogP contribution in [0.2, 0.25) is 0 Å². The summed E-state index contributed by atoms with van der Waals surface area (Å²) in [6.07, 6.45) is -0.245. The molecule has 0 radical (unpaired) electrons. The van der Waals surface area contributed by atoms with Crippen molar-refractivity contribution in [1.82, 2.24) is 9.61 Å². The molecule has 2 aromatic heterocycles. The number of aromatic nitrogens is 2. The van der Waals surface area contributed by atoms with Gasteiger partial charge in [0.2, 0.25) is 0 Å². The first-order valence-corrected chi connectivity index (χ1v) is 8.83. The van der Waals surface area contributed by atoms with Crippen LogP contribution in [0, 0.1) is 20.8 Å². The molecule has 1 aliphatic rings. The van der Waals surface area contributed by atoms with Gasteiger partial charge in [-0.25, -0.2) is 13.3 Å². The van der Waals surface area contributed by atoms with Crippen molar-refractivity contribution in [1.29, 1.82) is 0 Å². The molecule has 0 aliphatic heterocycles. The highest BCUT2D eigenvalue weighted by Gasteiger charge is 2.58. The van der Waals surface area contributed by atoms with Gasteiger partial charge in [0.25, 0.3) is 11.8 Å². The summed E-state index contributed by atoms with van der Waals surface area (Å²) in [6.45, 7) is 5.22.